The highest BCUT2D eigenvalue weighted by molar-refractivity contribution is 5.71. The number of ether oxygens (including phenoxy) is 3. The minimum Gasteiger partial charge on any atom is -0.462 e. The number of allylic oxidation sites excluding steroid dienone is 16. The van der Waals surface area contributed by atoms with Gasteiger partial charge in [-0.3, -0.25) is 14.4 Å². The van der Waals surface area contributed by atoms with E-state index in [1.807, 2.05) is 0 Å². The Labute approximate surface area is 483 Å². The van der Waals surface area contributed by atoms with Crippen molar-refractivity contribution in [2.24, 2.45) is 0 Å². The third-order valence-electron chi connectivity index (χ3n) is 14.3. The van der Waals surface area contributed by atoms with Gasteiger partial charge in [0.25, 0.3) is 0 Å². The highest BCUT2D eigenvalue weighted by atomic mass is 16.6. The molecule has 0 aromatic carbocycles. The monoisotopic (exact) mass is 1080 g/mol. The van der Waals surface area contributed by atoms with E-state index >= 15 is 0 Å². The summed E-state index contributed by atoms with van der Waals surface area (Å²) in [4.78, 5) is 38.1. The largest absolute Gasteiger partial charge is 0.462 e. The lowest BCUT2D eigenvalue weighted by atomic mass is 10.0. The number of carbonyl (C=O) groups is 3. The van der Waals surface area contributed by atoms with Gasteiger partial charge in [-0.1, -0.05) is 304 Å². The van der Waals surface area contributed by atoms with Gasteiger partial charge in [-0.15, -0.1) is 0 Å². The molecule has 0 aliphatic heterocycles. The minimum absolute atomic E-state index is 0.0792. The molecule has 1 unspecified atom stereocenters. The minimum atomic E-state index is -0.781. The summed E-state index contributed by atoms with van der Waals surface area (Å²) in [6.45, 7) is 6.40. The number of hydrogen-bond donors (Lipinski definition) is 0. The molecule has 0 aliphatic carbocycles. The number of carbonyl (C=O) groups excluding carboxylic acids is 3. The van der Waals surface area contributed by atoms with Crippen LogP contribution in [0.2, 0.25) is 0 Å². The summed E-state index contributed by atoms with van der Waals surface area (Å²) >= 11 is 0. The first-order valence-electron chi connectivity index (χ1n) is 33.2. The summed E-state index contributed by atoms with van der Waals surface area (Å²) in [6.07, 6.45) is 88.8. The van der Waals surface area contributed by atoms with Crippen molar-refractivity contribution in [3.8, 4) is 0 Å². The van der Waals surface area contributed by atoms with E-state index < -0.39 is 6.10 Å². The van der Waals surface area contributed by atoms with Gasteiger partial charge in [0.15, 0.2) is 6.10 Å². The molecular weight excluding hydrogens is 961 g/mol. The summed E-state index contributed by atoms with van der Waals surface area (Å²) in [7, 11) is 0. The molecular formula is C72H124O6. The molecule has 0 aliphatic rings. The molecule has 0 heterocycles. The molecule has 0 radical (unpaired) electrons. The van der Waals surface area contributed by atoms with Crippen molar-refractivity contribution in [1.82, 2.24) is 0 Å². The zero-order chi connectivity index (χ0) is 56.4. The zero-order valence-electron chi connectivity index (χ0n) is 51.4. The summed E-state index contributed by atoms with van der Waals surface area (Å²) in [5.41, 5.74) is 0. The van der Waals surface area contributed by atoms with Gasteiger partial charge in [-0.25, -0.2) is 0 Å². The Morgan fingerprint density at radius 1 is 0.269 bits per heavy atom. The molecule has 1 atom stereocenters. The normalized spacial score (nSPS) is 12.7. The molecule has 0 amide bonds. The van der Waals surface area contributed by atoms with Crippen LogP contribution in [-0.4, -0.2) is 37.2 Å². The van der Waals surface area contributed by atoms with E-state index in [4.69, 9.17) is 14.2 Å². The van der Waals surface area contributed by atoms with Crippen LogP contribution < -0.4 is 0 Å². The molecule has 0 fully saturated rings. The van der Waals surface area contributed by atoms with Gasteiger partial charge in [-0.2, -0.15) is 0 Å². The maximum atomic E-state index is 12.9. The summed E-state index contributed by atoms with van der Waals surface area (Å²) in [5.74, 6) is -0.885. The average molecular weight is 1090 g/mol. The molecule has 6 heteroatoms. The lowest BCUT2D eigenvalue weighted by Gasteiger charge is -2.18. The maximum Gasteiger partial charge on any atom is 0.306 e. The molecule has 0 aromatic rings. The van der Waals surface area contributed by atoms with Gasteiger partial charge >= 0.3 is 17.9 Å². The molecule has 6 nitrogen and oxygen atoms in total. The second-order valence-electron chi connectivity index (χ2n) is 22.0. The number of rotatable bonds is 60. The third-order valence-corrected chi connectivity index (χ3v) is 14.3. The van der Waals surface area contributed by atoms with E-state index in [0.29, 0.717) is 19.3 Å². The lowest BCUT2D eigenvalue weighted by Crippen LogP contribution is -2.30. The summed E-state index contributed by atoms with van der Waals surface area (Å²) < 4.78 is 16.9. The molecule has 0 bridgehead atoms. The van der Waals surface area contributed by atoms with Crippen LogP contribution in [0, 0.1) is 0 Å². The van der Waals surface area contributed by atoms with Crippen LogP contribution in [0.25, 0.3) is 0 Å². The van der Waals surface area contributed by atoms with Crippen LogP contribution >= 0.6 is 0 Å². The first-order valence-corrected chi connectivity index (χ1v) is 33.2. The first-order chi connectivity index (χ1) is 38.5. The van der Waals surface area contributed by atoms with Crippen molar-refractivity contribution in [2.75, 3.05) is 13.2 Å². The topological polar surface area (TPSA) is 78.9 Å². The summed E-state index contributed by atoms with van der Waals surface area (Å²) in [6, 6.07) is 0. The zero-order valence-corrected chi connectivity index (χ0v) is 51.4. The van der Waals surface area contributed by atoms with Crippen molar-refractivity contribution in [2.45, 2.75) is 329 Å². The third kappa shape index (κ3) is 63.2. The van der Waals surface area contributed by atoms with Crippen molar-refractivity contribution >= 4 is 17.9 Å². The molecule has 78 heavy (non-hydrogen) atoms. The van der Waals surface area contributed by atoms with Gasteiger partial charge in [0.05, 0.1) is 0 Å². The molecule has 0 aromatic heterocycles. The van der Waals surface area contributed by atoms with Crippen molar-refractivity contribution in [1.29, 1.82) is 0 Å². The summed E-state index contributed by atoms with van der Waals surface area (Å²) in [5, 5.41) is 0. The quantitative estimate of drug-likeness (QED) is 0.0261. The Morgan fingerprint density at radius 3 is 0.782 bits per heavy atom. The predicted molar refractivity (Wildman–Crippen MR) is 339 cm³/mol. The number of esters is 3. The second-order valence-corrected chi connectivity index (χ2v) is 22.0. The standard InChI is InChI=1S/C72H124O6/c1-4-7-10-13-16-19-21-23-25-27-29-30-31-32-33-34-35-36-37-38-39-40-41-42-44-45-47-49-51-53-56-59-62-65-71(74)77-68-69(67-76-70(73)64-61-58-55-18-15-12-9-6-3)78-72(75)66-63-60-57-54-52-50-48-46-43-28-26-24-22-20-17-14-11-8-5-2/h7-8,10-11,16-17,19-20,23-26,29-30,43,46,69H,4-6,9,12-15,18,21-22,27-28,31-42,44-45,47-68H2,1-3H3/b10-7-,11-8-,19-16-,20-17-,25-23-,26-24-,30-29-,46-43-. The molecule has 0 N–H and O–H groups in total. The SMILES string of the molecule is CC/C=C\C/C=C\C/C=C\C/C=C\CCCCCCCCCCCCCCCCCCCCCCC(=O)OCC(COC(=O)CCCCCCCCCC)OC(=O)CCCCCCCC/C=C\C/C=C\C/C=C\C/C=C\CC. The van der Waals surface area contributed by atoms with Crippen molar-refractivity contribution < 1.29 is 28.6 Å². The molecule has 0 saturated heterocycles. The van der Waals surface area contributed by atoms with E-state index in [1.165, 1.54) is 161 Å². The highest BCUT2D eigenvalue weighted by Crippen LogP contribution is 2.17. The van der Waals surface area contributed by atoms with Gasteiger partial charge in [-0.05, 0) is 96.3 Å². The van der Waals surface area contributed by atoms with Crippen LogP contribution in [-0.2, 0) is 28.6 Å². The number of unbranched alkanes of at least 4 members (excludes halogenated alkanes) is 33. The van der Waals surface area contributed by atoms with Crippen LogP contribution in [0.5, 0.6) is 0 Å². The Hall–Kier alpha value is -3.67. The van der Waals surface area contributed by atoms with Crippen LogP contribution in [0.3, 0.4) is 0 Å². The second kappa shape index (κ2) is 65.8. The van der Waals surface area contributed by atoms with Gasteiger partial charge in [0, 0.05) is 19.3 Å². The average Bonchev–Trinajstić information content (AvgIpc) is 3.44. The fourth-order valence-corrected chi connectivity index (χ4v) is 9.43. The van der Waals surface area contributed by atoms with E-state index in [9.17, 15) is 14.4 Å². The first kappa shape index (κ1) is 74.3. The van der Waals surface area contributed by atoms with E-state index in [0.717, 1.165) is 122 Å². The fourth-order valence-electron chi connectivity index (χ4n) is 9.43. The Balaban J connectivity index is 4.06. The van der Waals surface area contributed by atoms with E-state index in [2.05, 4.69) is 118 Å². The highest BCUT2D eigenvalue weighted by Gasteiger charge is 2.19. The van der Waals surface area contributed by atoms with Crippen LogP contribution in [0.1, 0.15) is 323 Å². The molecule has 0 rings (SSSR count). The molecule has 0 spiro atoms. The molecule has 448 valence electrons. The fraction of sp³-hybridized carbons (Fsp3) is 0.736. The van der Waals surface area contributed by atoms with Crippen molar-refractivity contribution in [3.05, 3.63) is 97.2 Å². The predicted octanol–water partition coefficient (Wildman–Crippen LogP) is 22.8. The van der Waals surface area contributed by atoms with E-state index in [-0.39, 0.29) is 31.1 Å². The Kier molecular flexibility index (Phi) is 62.7. The van der Waals surface area contributed by atoms with Crippen LogP contribution in [0.15, 0.2) is 97.2 Å². The lowest BCUT2D eigenvalue weighted by molar-refractivity contribution is -0.167. The maximum absolute atomic E-state index is 12.9. The van der Waals surface area contributed by atoms with Gasteiger partial charge < -0.3 is 14.2 Å². The Bertz CT molecular complexity index is 1530. The van der Waals surface area contributed by atoms with Gasteiger partial charge in [0.2, 0.25) is 0 Å². The van der Waals surface area contributed by atoms with Crippen LogP contribution in [0.4, 0.5) is 0 Å². The smallest absolute Gasteiger partial charge is 0.306 e. The number of hydrogen-bond acceptors (Lipinski definition) is 6. The van der Waals surface area contributed by atoms with Crippen molar-refractivity contribution in [3.63, 3.8) is 0 Å². The Morgan fingerprint density at radius 2 is 0.500 bits per heavy atom. The van der Waals surface area contributed by atoms with E-state index in [1.54, 1.807) is 0 Å². The molecule has 0 saturated carbocycles. The van der Waals surface area contributed by atoms with Gasteiger partial charge in [0.1, 0.15) is 13.2 Å².